The van der Waals surface area contributed by atoms with E-state index in [-0.39, 0.29) is 47.7 Å². The number of nitrogens with one attached hydrogen (secondary N) is 1. The number of alkyl halides is 3. The Kier molecular flexibility index (Phi) is 9.01. The lowest BCUT2D eigenvalue weighted by atomic mass is 9.98. The fourth-order valence-corrected chi connectivity index (χ4v) is 5.36. The minimum atomic E-state index is -5.22. The molecule has 0 aromatic heterocycles. The zero-order valence-electron chi connectivity index (χ0n) is 15.8. The van der Waals surface area contributed by atoms with Crippen LogP contribution in [0, 0.1) is 5.92 Å². The number of halogens is 4. The Morgan fingerprint density at radius 2 is 1.85 bits per heavy atom. The molecule has 2 aliphatic heterocycles. The summed E-state index contributed by atoms with van der Waals surface area (Å²) in [5, 5.41) is 3.31. The molecule has 0 spiro atoms. The van der Waals surface area contributed by atoms with Gasteiger partial charge in [0.15, 0.2) is 5.96 Å². The minimum Gasteiger partial charge on any atom is -0.356 e. The molecule has 2 heterocycles. The second-order valence-electron chi connectivity index (χ2n) is 7.25. The molecular weight excluding hydrogens is 516 g/mol. The van der Waals surface area contributed by atoms with Crippen molar-refractivity contribution in [1.82, 2.24) is 14.5 Å². The molecule has 0 radical (unpaired) electrons. The number of nitrogens with zero attached hydrogens (tertiary/aromatic N) is 3. The SMILES string of the molecule is CN=C(NCC1CCN(S(=O)(=O)C(F)(F)F)CC1)N1CCSC(C)(C)C1.I. The first-order valence-electron chi connectivity index (χ1n) is 8.62. The van der Waals surface area contributed by atoms with Crippen molar-refractivity contribution in [2.24, 2.45) is 10.9 Å². The molecule has 2 aliphatic rings. The lowest BCUT2D eigenvalue weighted by Crippen LogP contribution is -2.52. The second kappa shape index (κ2) is 9.70. The molecule has 1 N–H and O–H groups in total. The van der Waals surface area contributed by atoms with Crippen LogP contribution in [0.4, 0.5) is 13.2 Å². The standard InChI is InChI=1S/C15H27F3N4O2S2.HI/c1-14(2)11-21(8-9-25-14)13(19-3)20-10-12-4-6-22(7-5-12)26(23,24)15(16,17)18;/h12H,4-11H2,1-3H3,(H,19,20);1H. The highest BCUT2D eigenvalue weighted by molar-refractivity contribution is 14.0. The Hall–Kier alpha value is 0.0500. The molecule has 12 heteroatoms. The second-order valence-corrected chi connectivity index (χ2v) is 11.0. The largest absolute Gasteiger partial charge is 0.511 e. The lowest BCUT2D eigenvalue weighted by Gasteiger charge is -2.39. The molecule has 2 fully saturated rings. The van der Waals surface area contributed by atoms with Gasteiger partial charge in [0.05, 0.1) is 0 Å². The van der Waals surface area contributed by atoms with E-state index >= 15 is 0 Å². The van der Waals surface area contributed by atoms with E-state index in [1.54, 1.807) is 7.05 Å². The topological polar surface area (TPSA) is 65.0 Å². The van der Waals surface area contributed by atoms with Crippen molar-refractivity contribution >= 4 is 51.7 Å². The van der Waals surface area contributed by atoms with Gasteiger partial charge in [-0.2, -0.15) is 29.2 Å². The van der Waals surface area contributed by atoms with E-state index in [0.29, 0.717) is 23.7 Å². The van der Waals surface area contributed by atoms with Gasteiger partial charge in [0.2, 0.25) is 0 Å². The first kappa shape index (κ1) is 25.1. The van der Waals surface area contributed by atoms with Crippen molar-refractivity contribution in [2.75, 3.05) is 45.5 Å². The van der Waals surface area contributed by atoms with Crippen molar-refractivity contribution in [3.63, 3.8) is 0 Å². The van der Waals surface area contributed by atoms with Gasteiger partial charge in [-0.3, -0.25) is 4.99 Å². The van der Waals surface area contributed by atoms with Crippen LogP contribution in [0.5, 0.6) is 0 Å². The van der Waals surface area contributed by atoms with E-state index in [1.807, 2.05) is 11.8 Å². The number of rotatable bonds is 3. The van der Waals surface area contributed by atoms with E-state index in [4.69, 9.17) is 0 Å². The number of hydrogen-bond donors (Lipinski definition) is 1. The van der Waals surface area contributed by atoms with Crippen LogP contribution in [-0.4, -0.2) is 79.4 Å². The van der Waals surface area contributed by atoms with Gasteiger partial charge in [-0.15, -0.1) is 24.0 Å². The number of piperidine rings is 1. The molecule has 160 valence electrons. The van der Waals surface area contributed by atoms with Crippen LogP contribution in [0.15, 0.2) is 4.99 Å². The van der Waals surface area contributed by atoms with Gasteiger partial charge < -0.3 is 10.2 Å². The Labute approximate surface area is 180 Å². The number of hydrogen-bond acceptors (Lipinski definition) is 4. The molecule has 0 amide bonds. The molecule has 0 unspecified atom stereocenters. The Morgan fingerprint density at radius 3 is 2.33 bits per heavy atom. The summed E-state index contributed by atoms with van der Waals surface area (Å²) in [5.41, 5.74) is -5.22. The molecule has 27 heavy (non-hydrogen) atoms. The Balaban J connectivity index is 0.00000364. The summed E-state index contributed by atoms with van der Waals surface area (Å²) in [4.78, 5) is 6.51. The average molecular weight is 544 g/mol. The molecule has 0 saturated carbocycles. The molecular formula is C15H28F3IN4O2S2. The predicted molar refractivity (Wildman–Crippen MR) is 114 cm³/mol. The maximum Gasteiger partial charge on any atom is 0.511 e. The van der Waals surface area contributed by atoms with Crippen molar-refractivity contribution in [3.05, 3.63) is 0 Å². The smallest absolute Gasteiger partial charge is 0.356 e. The number of thioether (sulfide) groups is 1. The van der Waals surface area contributed by atoms with Gasteiger partial charge in [-0.1, -0.05) is 0 Å². The molecule has 0 aromatic rings. The highest BCUT2D eigenvalue weighted by Crippen LogP contribution is 2.31. The van der Waals surface area contributed by atoms with Gasteiger partial charge in [0.1, 0.15) is 0 Å². The van der Waals surface area contributed by atoms with Crippen LogP contribution in [-0.2, 0) is 10.0 Å². The summed E-state index contributed by atoms with van der Waals surface area (Å²) >= 11 is 1.92. The van der Waals surface area contributed by atoms with Gasteiger partial charge in [0, 0.05) is 50.3 Å². The van der Waals surface area contributed by atoms with Gasteiger partial charge in [0.25, 0.3) is 0 Å². The summed E-state index contributed by atoms with van der Waals surface area (Å²) in [5.74, 6) is 1.93. The van der Waals surface area contributed by atoms with Gasteiger partial charge >= 0.3 is 15.5 Å². The van der Waals surface area contributed by atoms with Crippen molar-refractivity contribution in [2.45, 2.75) is 36.9 Å². The van der Waals surface area contributed by atoms with Crippen LogP contribution in [0.1, 0.15) is 26.7 Å². The highest BCUT2D eigenvalue weighted by atomic mass is 127. The summed E-state index contributed by atoms with van der Waals surface area (Å²) in [6.07, 6.45) is 0.807. The maximum atomic E-state index is 12.6. The molecule has 0 atom stereocenters. The fourth-order valence-electron chi connectivity index (χ4n) is 3.27. The number of aliphatic imine (C=N–C) groups is 1. The van der Waals surface area contributed by atoms with E-state index in [1.165, 1.54) is 0 Å². The minimum absolute atomic E-state index is 0. The quantitative estimate of drug-likeness (QED) is 0.336. The van der Waals surface area contributed by atoms with Crippen LogP contribution >= 0.6 is 35.7 Å². The first-order valence-corrected chi connectivity index (χ1v) is 11.0. The van der Waals surface area contributed by atoms with Gasteiger partial charge in [-0.05, 0) is 32.6 Å². The van der Waals surface area contributed by atoms with Crippen LogP contribution in [0.2, 0.25) is 0 Å². The number of guanidine groups is 1. The molecule has 2 saturated heterocycles. The third kappa shape index (κ3) is 6.53. The van der Waals surface area contributed by atoms with Crippen molar-refractivity contribution in [3.8, 4) is 0 Å². The zero-order valence-corrected chi connectivity index (χ0v) is 19.7. The van der Waals surface area contributed by atoms with Gasteiger partial charge in [-0.25, -0.2) is 8.42 Å². The fraction of sp³-hybridized carbons (Fsp3) is 0.933. The average Bonchev–Trinajstić information content (AvgIpc) is 2.54. The maximum absolute atomic E-state index is 12.6. The Morgan fingerprint density at radius 1 is 1.26 bits per heavy atom. The molecule has 6 nitrogen and oxygen atoms in total. The molecule has 2 rings (SSSR count). The Bertz CT molecular complexity index is 621. The molecule has 0 aromatic carbocycles. The van der Waals surface area contributed by atoms with Crippen molar-refractivity contribution in [1.29, 1.82) is 0 Å². The normalized spacial score (nSPS) is 23.0. The first-order chi connectivity index (χ1) is 12.0. The zero-order chi connectivity index (χ0) is 19.6. The summed E-state index contributed by atoms with van der Waals surface area (Å²) in [6.45, 7) is 6.54. The summed E-state index contributed by atoms with van der Waals surface area (Å²) in [6, 6.07) is 0. The van der Waals surface area contributed by atoms with Crippen molar-refractivity contribution < 1.29 is 21.6 Å². The lowest BCUT2D eigenvalue weighted by molar-refractivity contribution is -0.0496. The number of sulfonamides is 1. The molecule has 0 bridgehead atoms. The van der Waals surface area contributed by atoms with E-state index in [0.717, 1.165) is 24.8 Å². The third-order valence-electron chi connectivity index (χ3n) is 4.69. The third-order valence-corrected chi connectivity index (χ3v) is 7.62. The van der Waals surface area contributed by atoms with Crippen LogP contribution in [0.3, 0.4) is 0 Å². The highest BCUT2D eigenvalue weighted by Gasteiger charge is 2.50. The molecule has 0 aliphatic carbocycles. The van der Waals surface area contributed by atoms with Crippen LogP contribution < -0.4 is 5.32 Å². The predicted octanol–water partition coefficient (Wildman–Crippen LogP) is 2.57. The van der Waals surface area contributed by atoms with Crippen LogP contribution in [0.25, 0.3) is 0 Å². The van der Waals surface area contributed by atoms with E-state index in [9.17, 15) is 21.6 Å². The van der Waals surface area contributed by atoms with E-state index in [2.05, 4.69) is 29.1 Å². The van der Waals surface area contributed by atoms with E-state index < -0.39 is 15.5 Å². The summed E-state index contributed by atoms with van der Waals surface area (Å²) in [7, 11) is -3.49. The monoisotopic (exact) mass is 544 g/mol. The summed E-state index contributed by atoms with van der Waals surface area (Å²) < 4.78 is 61.4.